The van der Waals surface area contributed by atoms with Gasteiger partial charge in [0.05, 0.1) is 22.9 Å². The molecule has 2 aromatic carbocycles. The highest BCUT2D eigenvalue weighted by Crippen LogP contribution is 2.31. The molecule has 0 bridgehead atoms. The predicted octanol–water partition coefficient (Wildman–Crippen LogP) is 2.29. The van der Waals surface area contributed by atoms with Crippen LogP contribution >= 0.6 is 11.3 Å². The molecule has 4 rings (SSSR count). The molecule has 1 aliphatic heterocycles. The van der Waals surface area contributed by atoms with Crippen molar-refractivity contribution in [2.45, 2.75) is 6.10 Å². The second-order valence-electron chi connectivity index (χ2n) is 5.93. The lowest BCUT2D eigenvalue weighted by atomic mass is 10.2. The third kappa shape index (κ3) is 3.19. The number of aromatic nitrogens is 1. The average molecular weight is 384 g/mol. The van der Waals surface area contributed by atoms with Gasteiger partial charge in [0.25, 0.3) is 5.91 Å². The van der Waals surface area contributed by atoms with Gasteiger partial charge in [-0.3, -0.25) is 4.79 Å². The van der Waals surface area contributed by atoms with Crippen molar-refractivity contribution in [3.8, 4) is 11.5 Å². The Kier molecular flexibility index (Phi) is 4.41. The zero-order chi connectivity index (χ0) is 19.0. The molecule has 0 saturated carbocycles. The molecule has 8 heteroatoms. The smallest absolute Gasteiger partial charge is 0.337 e. The normalized spacial score (nSPS) is 16.4. The number of para-hydroxylation sites is 2. The van der Waals surface area contributed by atoms with Gasteiger partial charge in [0, 0.05) is 7.05 Å². The molecule has 2 heterocycles. The van der Waals surface area contributed by atoms with Crippen LogP contribution in [0.2, 0.25) is 0 Å². The summed E-state index contributed by atoms with van der Waals surface area (Å²) in [4.78, 5) is 29.0. The van der Waals surface area contributed by atoms with Crippen molar-refractivity contribution in [3.05, 3.63) is 52.8 Å². The second kappa shape index (κ2) is 6.88. The van der Waals surface area contributed by atoms with E-state index in [0.717, 1.165) is 10.2 Å². The first-order chi connectivity index (χ1) is 13.1. The Morgan fingerprint density at radius 2 is 2.00 bits per heavy atom. The summed E-state index contributed by atoms with van der Waals surface area (Å²) in [6.45, 7) is 0.112. The van der Waals surface area contributed by atoms with Gasteiger partial charge in [0.2, 0.25) is 6.10 Å². The number of fused-ring (bicyclic) bond motifs is 2. The second-order valence-corrected chi connectivity index (χ2v) is 6.94. The first kappa shape index (κ1) is 17.3. The summed E-state index contributed by atoms with van der Waals surface area (Å²) in [5.74, 6) is 0.318. The highest BCUT2D eigenvalue weighted by Gasteiger charge is 2.27. The predicted molar refractivity (Wildman–Crippen MR) is 99.1 cm³/mol. The Morgan fingerprint density at radius 3 is 2.78 bits per heavy atom. The number of methoxy groups -OCH3 is 1. The van der Waals surface area contributed by atoms with Crippen molar-refractivity contribution in [1.82, 2.24) is 4.57 Å². The highest BCUT2D eigenvalue weighted by atomic mass is 32.1. The zero-order valence-electron chi connectivity index (χ0n) is 14.7. The van der Waals surface area contributed by atoms with Gasteiger partial charge in [-0.05, 0) is 30.3 Å². The highest BCUT2D eigenvalue weighted by molar-refractivity contribution is 7.16. The number of benzene rings is 2. The lowest BCUT2D eigenvalue weighted by molar-refractivity contribution is -0.127. The molecule has 3 aromatic rings. The number of hydrogen-bond acceptors (Lipinski definition) is 6. The van der Waals surface area contributed by atoms with Gasteiger partial charge in [-0.25, -0.2) is 4.79 Å². The third-order valence-corrected chi connectivity index (χ3v) is 5.31. The Hall–Kier alpha value is -3.13. The summed E-state index contributed by atoms with van der Waals surface area (Å²) in [5, 5.41) is 0. The number of rotatable bonds is 2. The van der Waals surface area contributed by atoms with E-state index in [1.54, 1.807) is 34.9 Å². The van der Waals surface area contributed by atoms with Gasteiger partial charge in [0.1, 0.15) is 6.61 Å². The minimum Gasteiger partial charge on any atom is -0.485 e. The maximum atomic E-state index is 12.6. The van der Waals surface area contributed by atoms with Crippen molar-refractivity contribution in [3.63, 3.8) is 0 Å². The molecule has 0 N–H and O–H groups in total. The Labute approximate surface area is 158 Å². The van der Waals surface area contributed by atoms with Crippen molar-refractivity contribution >= 4 is 33.4 Å². The largest absolute Gasteiger partial charge is 0.485 e. The summed E-state index contributed by atoms with van der Waals surface area (Å²) in [6, 6.07) is 12.4. The van der Waals surface area contributed by atoms with Crippen LogP contribution in [0.5, 0.6) is 11.5 Å². The summed E-state index contributed by atoms with van der Waals surface area (Å²) in [5.41, 5.74) is 1.32. The van der Waals surface area contributed by atoms with E-state index in [9.17, 15) is 9.59 Å². The molecule has 0 unspecified atom stereocenters. The molecule has 27 heavy (non-hydrogen) atoms. The van der Waals surface area contributed by atoms with E-state index >= 15 is 0 Å². The van der Waals surface area contributed by atoms with E-state index in [-0.39, 0.29) is 6.61 Å². The van der Waals surface area contributed by atoms with Gasteiger partial charge in [0.15, 0.2) is 16.3 Å². The summed E-state index contributed by atoms with van der Waals surface area (Å²) < 4.78 is 18.7. The van der Waals surface area contributed by atoms with Crippen molar-refractivity contribution < 1.29 is 23.8 Å². The Bertz CT molecular complexity index is 1110. The molecular weight excluding hydrogens is 368 g/mol. The third-order valence-electron chi connectivity index (χ3n) is 4.22. The van der Waals surface area contributed by atoms with Crippen LogP contribution in [-0.4, -0.2) is 36.3 Å². The fraction of sp³-hybridized carbons (Fsp3) is 0.211. The maximum Gasteiger partial charge on any atom is 0.337 e. The number of esters is 1. The molecule has 1 atom stereocenters. The van der Waals surface area contributed by atoms with Crippen LogP contribution in [-0.2, 0) is 16.6 Å². The zero-order valence-corrected chi connectivity index (χ0v) is 15.5. The summed E-state index contributed by atoms with van der Waals surface area (Å²) in [6.07, 6.45) is -0.796. The molecular formula is C19H16N2O5S. The number of carbonyl (C=O) groups excluding carboxylic acids is 2. The number of carbonyl (C=O) groups is 2. The van der Waals surface area contributed by atoms with Crippen molar-refractivity contribution in [1.29, 1.82) is 0 Å². The van der Waals surface area contributed by atoms with Gasteiger partial charge in [-0.15, -0.1) is 0 Å². The fourth-order valence-electron chi connectivity index (χ4n) is 2.79. The van der Waals surface area contributed by atoms with Crippen LogP contribution < -0.4 is 14.3 Å². The number of hydrogen-bond donors (Lipinski definition) is 0. The topological polar surface area (TPSA) is 79.1 Å². The monoisotopic (exact) mass is 384 g/mol. The lowest BCUT2D eigenvalue weighted by Gasteiger charge is -2.23. The molecule has 7 nitrogen and oxygen atoms in total. The Morgan fingerprint density at radius 1 is 1.22 bits per heavy atom. The minimum absolute atomic E-state index is 0.112. The van der Waals surface area contributed by atoms with E-state index in [0.29, 0.717) is 21.9 Å². The van der Waals surface area contributed by atoms with Crippen LogP contribution in [0.4, 0.5) is 0 Å². The van der Waals surface area contributed by atoms with Crippen LogP contribution in [0.1, 0.15) is 10.4 Å². The number of thiazole rings is 1. The standard InChI is InChI=1S/C19H16N2O5S/c1-21-12-8-7-11(18(23)24-2)9-16(12)27-19(21)20-17(22)15-10-25-13-5-3-4-6-14(13)26-15/h3-9,15H,10H2,1-2H3/t15-/m0/s1. The first-order valence-electron chi connectivity index (χ1n) is 8.22. The molecule has 0 radical (unpaired) electrons. The Balaban J connectivity index is 1.65. The van der Waals surface area contributed by atoms with E-state index in [2.05, 4.69) is 4.99 Å². The van der Waals surface area contributed by atoms with E-state index in [4.69, 9.17) is 14.2 Å². The number of amides is 1. The molecule has 1 amide bonds. The summed E-state index contributed by atoms with van der Waals surface area (Å²) >= 11 is 1.32. The van der Waals surface area contributed by atoms with Crippen LogP contribution in [0, 0.1) is 0 Å². The average Bonchev–Trinajstić information content (AvgIpc) is 3.01. The molecule has 0 saturated heterocycles. The SMILES string of the molecule is COC(=O)c1ccc2c(c1)sc(=NC(=O)[C@@H]1COc3ccccc3O1)n2C. The van der Waals surface area contributed by atoms with Gasteiger partial charge in [-0.1, -0.05) is 23.5 Å². The van der Waals surface area contributed by atoms with Crippen molar-refractivity contribution in [2.24, 2.45) is 12.0 Å². The van der Waals surface area contributed by atoms with E-state index < -0.39 is 18.0 Å². The van der Waals surface area contributed by atoms with Gasteiger partial charge < -0.3 is 18.8 Å². The molecule has 0 aliphatic carbocycles. The number of nitrogens with zero attached hydrogens (tertiary/aromatic N) is 2. The summed E-state index contributed by atoms with van der Waals surface area (Å²) in [7, 11) is 3.15. The molecule has 0 spiro atoms. The molecule has 0 fully saturated rings. The quantitative estimate of drug-likeness (QED) is 0.634. The fourth-order valence-corrected chi connectivity index (χ4v) is 3.86. The van der Waals surface area contributed by atoms with Gasteiger partial charge in [-0.2, -0.15) is 4.99 Å². The van der Waals surface area contributed by atoms with Crippen molar-refractivity contribution in [2.75, 3.05) is 13.7 Å². The number of ether oxygens (including phenoxy) is 3. The van der Waals surface area contributed by atoms with Crippen LogP contribution in [0.3, 0.4) is 0 Å². The molecule has 1 aromatic heterocycles. The maximum absolute atomic E-state index is 12.6. The van der Waals surface area contributed by atoms with E-state index in [1.165, 1.54) is 18.4 Å². The van der Waals surface area contributed by atoms with Gasteiger partial charge >= 0.3 is 5.97 Å². The minimum atomic E-state index is -0.796. The molecule has 1 aliphatic rings. The van der Waals surface area contributed by atoms with Crippen LogP contribution in [0.25, 0.3) is 10.2 Å². The van der Waals surface area contributed by atoms with E-state index in [1.807, 2.05) is 19.2 Å². The molecule has 138 valence electrons. The number of aryl methyl sites for hydroxylation is 1. The van der Waals surface area contributed by atoms with Crippen LogP contribution in [0.15, 0.2) is 47.5 Å². The lowest BCUT2D eigenvalue weighted by Crippen LogP contribution is -2.36. The first-order valence-corrected chi connectivity index (χ1v) is 9.03.